The number of hydrogen-bond donors (Lipinski definition) is 4. The number of imidazole rings is 1. The second-order valence-electron chi connectivity index (χ2n) is 16.1. The van der Waals surface area contributed by atoms with Gasteiger partial charge in [0.2, 0.25) is 6.79 Å². The van der Waals surface area contributed by atoms with E-state index in [0.29, 0.717) is 49.1 Å². The Morgan fingerprint density at radius 1 is 0.746 bits per heavy atom. The van der Waals surface area contributed by atoms with Gasteiger partial charge >= 0.3 is 11.9 Å². The Morgan fingerprint density at radius 2 is 1.43 bits per heavy atom. The molecule has 15 nitrogen and oxygen atoms in total. The van der Waals surface area contributed by atoms with E-state index < -0.39 is 11.9 Å². The molecule has 0 saturated carbocycles. The highest BCUT2D eigenvalue weighted by molar-refractivity contribution is 5.68. The molecule has 0 aliphatic carbocycles. The van der Waals surface area contributed by atoms with E-state index in [9.17, 15) is 19.8 Å². The fraction of sp³-hybridized carbons (Fsp3) is 0.375. The highest BCUT2D eigenvalue weighted by Crippen LogP contribution is 2.36. The van der Waals surface area contributed by atoms with E-state index in [2.05, 4.69) is 44.0 Å². The number of aromatic nitrogens is 5. The summed E-state index contributed by atoms with van der Waals surface area (Å²) in [7, 11) is 0. The first kappa shape index (κ1) is 42.8. The molecule has 4 aromatic heterocycles. The number of aliphatic carboxylic acids is 2. The summed E-state index contributed by atoms with van der Waals surface area (Å²) < 4.78 is 23.9. The predicted molar refractivity (Wildman–Crippen MR) is 235 cm³/mol. The zero-order valence-electron chi connectivity index (χ0n) is 35.2. The molecule has 0 fully saturated rings. The number of anilines is 2. The zero-order chi connectivity index (χ0) is 43.4. The minimum absolute atomic E-state index is 0.0267. The third kappa shape index (κ3) is 11.9. The lowest BCUT2D eigenvalue weighted by atomic mass is 9.91. The van der Waals surface area contributed by atoms with E-state index in [4.69, 9.17) is 23.7 Å². The zero-order valence-corrected chi connectivity index (χ0v) is 35.2. The minimum atomic E-state index is -0.841. The van der Waals surface area contributed by atoms with Crippen molar-refractivity contribution < 1.29 is 38.5 Å². The van der Waals surface area contributed by atoms with Gasteiger partial charge in [-0.15, -0.1) is 0 Å². The third-order valence-electron chi connectivity index (χ3n) is 11.5. The van der Waals surface area contributed by atoms with Crippen LogP contribution in [0.15, 0.2) is 95.9 Å². The molecule has 6 aromatic rings. The molecule has 0 amide bonds. The topological polar surface area (TPSA) is 196 Å². The van der Waals surface area contributed by atoms with Crippen LogP contribution >= 0.6 is 0 Å². The summed E-state index contributed by atoms with van der Waals surface area (Å²) in [6.45, 7) is 3.14. The van der Waals surface area contributed by atoms with E-state index in [1.807, 2.05) is 65.4 Å². The van der Waals surface area contributed by atoms with Crippen LogP contribution in [0, 0.1) is 0 Å². The van der Waals surface area contributed by atoms with Crippen molar-refractivity contribution in [3.05, 3.63) is 136 Å². The smallest absolute Gasteiger partial charge is 0.304 e. The van der Waals surface area contributed by atoms with Gasteiger partial charge in [0.1, 0.15) is 17.4 Å². The van der Waals surface area contributed by atoms with Crippen LogP contribution in [-0.2, 0) is 54.7 Å². The quantitative estimate of drug-likeness (QED) is 0.0658. The Balaban J connectivity index is 0.000000174. The number of benzene rings is 2. The van der Waals surface area contributed by atoms with Crippen LogP contribution in [0.25, 0.3) is 0 Å². The SMILES string of the molecule is O=C(O)CC(Cc1cc(OCCc2ccc3c(n2)NCCC3)no1)c1ccccc1.O=C(O)CC(Cn1cnc(CCCc2ccc3c(n2)NCCC3)c1)c1ccc2c(c1)OCO2. The van der Waals surface area contributed by atoms with Gasteiger partial charge in [0.15, 0.2) is 11.5 Å². The Bertz CT molecular complexity index is 2470. The van der Waals surface area contributed by atoms with Gasteiger partial charge in [-0.05, 0) is 96.6 Å². The van der Waals surface area contributed by atoms with Gasteiger partial charge in [-0.25, -0.2) is 15.0 Å². The van der Waals surface area contributed by atoms with Crippen molar-refractivity contribution in [2.45, 2.75) is 89.0 Å². The summed E-state index contributed by atoms with van der Waals surface area (Å²) in [6.07, 6.45) is 12.2. The van der Waals surface area contributed by atoms with Crippen LogP contribution in [0.5, 0.6) is 17.4 Å². The predicted octanol–water partition coefficient (Wildman–Crippen LogP) is 7.65. The lowest BCUT2D eigenvalue weighted by Gasteiger charge is -2.17. The largest absolute Gasteiger partial charge is 0.481 e. The maximum Gasteiger partial charge on any atom is 0.304 e. The van der Waals surface area contributed by atoms with E-state index in [0.717, 1.165) is 91.5 Å². The number of hydrogen-bond acceptors (Lipinski definition) is 12. The molecular weight excluding hydrogens is 803 g/mol. The molecule has 2 aromatic carbocycles. The Morgan fingerprint density at radius 3 is 2.16 bits per heavy atom. The van der Waals surface area contributed by atoms with Crippen molar-refractivity contribution in [1.29, 1.82) is 0 Å². The number of nitrogens with zero attached hydrogens (tertiary/aromatic N) is 5. The maximum atomic E-state index is 11.5. The number of fused-ring (bicyclic) bond motifs is 3. The molecule has 328 valence electrons. The number of aryl methyl sites for hydroxylation is 4. The fourth-order valence-corrected chi connectivity index (χ4v) is 8.23. The average Bonchev–Trinajstić information content (AvgIpc) is 4.08. The minimum Gasteiger partial charge on any atom is -0.481 e. The maximum absolute atomic E-state index is 11.5. The summed E-state index contributed by atoms with van der Waals surface area (Å²) in [5.41, 5.74) is 7.54. The Hall–Kier alpha value is -6.90. The molecule has 3 aliphatic rings. The summed E-state index contributed by atoms with van der Waals surface area (Å²) in [6, 6.07) is 25.5. The van der Waals surface area contributed by atoms with Gasteiger partial charge in [-0.1, -0.05) is 48.5 Å². The molecule has 0 saturated heterocycles. The summed E-state index contributed by atoms with van der Waals surface area (Å²) in [5.74, 6) is 2.35. The molecule has 15 heteroatoms. The van der Waals surface area contributed by atoms with Gasteiger partial charge in [0.25, 0.3) is 5.88 Å². The van der Waals surface area contributed by atoms with E-state index in [1.54, 1.807) is 12.4 Å². The van der Waals surface area contributed by atoms with Gasteiger partial charge in [-0.3, -0.25) is 9.59 Å². The number of nitrogens with one attached hydrogen (secondary N) is 2. The van der Waals surface area contributed by atoms with E-state index in [1.165, 1.54) is 17.5 Å². The molecule has 4 N–H and O–H groups in total. The number of pyridine rings is 2. The van der Waals surface area contributed by atoms with Crippen LogP contribution in [-0.4, -0.2) is 73.3 Å². The van der Waals surface area contributed by atoms with Gasteiger partial charge in [0.05, 0.1) is 31.5 Å². The van der Waals surface area contributed by atoms with Gasteiger partial charge < -0.3 is 44.1 Å². The molecule has 0 spiro atoms. The van der Waals surface area contributed by atoms with Crippen LogP contribution in [0.3, 0.4) is 0 Å². The molecular formula is C48H53N7O8. The second kappa shape index (κ2) is 20.8. The van der Waals surface area contributed by atoms with E-state index >= 15 is 0 Å². The van der Waals surface area contributed by atoms with Crippen LogP contribution in [0.4, 0.5) is 11.6 Å². The molecule has 0 bridgehead atoms. The van der Waals surface area contributed by atoms with Crippen molar-refractivity contribution in [2.24, 2.45) is 0 Å². The van der Waals surface area contributed by atoms with Gasteiger partial charge in [0, 0.05) is 68.0 Å². The highest BCUT2D eigenvalue weighted by atomic mass is 16.7. The first-order valence-electron chi connectivity index (χ1n) is 21.7. The monoisotopic (exact) mass is 855 g/mol. The van der Waals surface area contributed by atoms with Crippen molar-refractivity contribution in [3.8, 4) is 17.4 Å². The number of ether oxygens (including phenoxy) is 3. The van der Waals surface area contributed by atoms with Crippen molar-refractivity contribution in [1.82, 2.24) is 24.7 Å². The summed E-state index contributed by atoms with van der Waals surface area (Å²) in [5, 5.41) is 29.4. The number of carboxylic acids is 2. The normalized spacial score (nSPS) is 14.5. The van der Waals surface area contributed by atoms with E-state index in [-0.39, 0.29) is 31.5 Å². The fourth-order valence-electron chi connectivity index (χ4n) is 8.23. The first-order valence-corrected chi connectivity index (χ1v) is 21.7. The molecule has 3 aliphatic heterocycles. The van der Waals surface area contributed by atoms with Crippen molar-refractivity contribution in [3.63, 3.8) is 0 Å². The molecule has 7 heterocycles. The number of carboxylic acid groups (broad SMARTS) is 2. The molecule has 2 atom stereocenters. The highest BCUT2D eigenvalue weighted by Gasteiger charge is 2.22. The molecule has 2 unspecified atom stereocenters. The van der Waals surface area contributed by atoms with Crippen molar-refractivity contribution >= 4 is 23.6 Å². The Labute approximate surface area is 365 Å². The van der Waals surface area contributed by atoms with Crippen LogP contribution in [0.1, 0.15) is 89.0 Å². The molecule has 63 heavy (non-hydrogen) atoms. The summed E-state index contributed by atoms with van der Waals surface area (Å²) >= 11 is 0. The lowest BCUT2D eigenvalue weighted by molar-refractivity contribution is -0.138. The third-order valence-corrected chi connectivity index (χ3v) is 11.5. The second-order valence-corrected chi connectivity index (χ2v) is 16.1. The van der Waals surface area contributed by atoms with Crippen LogP contribution in [0.2, 0.25) is 0 Å². The number of carbonyl (C=O) groups is 2. The van der Waals surface area contributed by atoms with Crippen LogP contribution < -0.4 is 24.8 Å². The lowest BCUT2D eigenvalue weighted by Crippen LogP contribution is -2.14. The van der Waals surface area contributed by atoms with Gasteiger partial charge in [-0.2, -0.15) is 0 Å². The first-order chi connectivity index (χ1) is 30.8. The average molecular weight is 856 g/mol. The summed E-state index contributed by atoms with van der Waals surface area (Å²) in [4.78, 5) is 36.7. The number of rotatable bonds is 18. The Kier molecular flexibility index (Phi) is 14.1. The van der Waals surface area contributed by atoms with Crippen molar-refractivity contribution in [2.75, 3.05) is 37.1 Å². The standard InChI is InChI=1S/C25H28N4O4.C23H25N3O4/c30-24(31)12-19(18-7-9-22-23(11-18)33-16-32-22)13-29-14-21(27-15-29)5-1-4-20-8-6-17-3-2-10-26-25(17)28-20;27-22(28)14-18(16-5-2-1-3-6-16)13-20-15-21(26-30-20)29-12-10-19-9-8-17-7-4-11-24-23(17)25-19/h6-9,11,14-15,19H,1-5,10,12-13,16H2,(H,26,28)(H,30,31);1-3,5-6,8-9,15,18H,4,7,10-14H2,(H,24,25)(H,27,28). The molecule has 0 radical (unpaired) electrons. The molecule has 9 rings (SSSR count).